The van der Waals surface area contributed by atoms with Crippen molar-refractivity contribution >= 4 is 34.8 Å². The second-order valence-corrected chi connectivity index (χ2v) is 8.62. The Morgan fingerprint density at radius 3 is 2.74 bits per heavy atom. The number of carbonyl (C=O) groups excluding carboxylic acids is 2. The van der Waals surface area contributed by atoms with Gasteiger partial charge >= 0.3 is 0 Å². The van der Waals surface area contributed by atoms with E-state index in [0.717, 1.165) is 37.8 Å². The molecule has 1 aromatic rings. The number of hydrogen-bond acceptors (Lipinski definition) is 4. The van der Waals surface area contributed by atoms with Crippen molar-refractivity contribution in [3.05, 3.63) is 76.0 Å². The van der Waals surface area contributed by atoms with E-state index in [9.17, 15) is 9.59 Å². The third-order valence-corrected chi connectivity index (χ3v) is 6.85. The molecule has 1 aromatic carbocycles. The predicted molar refractivity (Wildman–Crippen MR) is 125 cm³/mol. The van der Waals surface area contributed by atoms with Crippen LogP contribution in [0.15, 0.2) is 64.9 Å². The third kappa shape index (κ3) is 3.35. The quantitative estimate of drug-likeness (QED) is 0.439. The molecular weight excluding hydrogens is 406 g/mol. The van der Waals surface area contributed by atoms with Crippen molar-refractivity contribution in [2.45, 2.75) is 39.0 Å². The van der Waals surface area contributed by atoms with Crippen LogP contribution in [0.1, 0.15) is 43.7 Å². The molecule has 6 heteroatoms. The zero-order valence-electron chi connectivity index (χ0n) is 17.6. The molecule has 0 radical (unpaired) electrons. The summed E-state index contributed by atoms with van der Waals surface area (Å²) >= 11 is 5.13. The van der Waals surface area contributed by atoms with Gasteiger partial charge in [0.05, 0.1) is 0 Å². The molecule has 158 valence electrons. The van der Waals surface area contributed by atoms with Crippen molar-refractivity contribution in [2.75, 3.05) is 13.1 Å². The zero-order valence-corrected chi connectivity index (χ0v) is 18.4. The first kappa shape index (κ1) is 19.9. The van der Waals surface area contributed by atoms with Gasteiger partial charge in [0.1, 0.15) is 5.57 Å². The van der Waals surface area contributed by atoms with Gasteiger partial charge in [-0.05, 0) is 80.1 Å². The van der Waals surface area contributed by atoms with Gasteiger partial charge in [0, 0.05) is 30.0 Å². The minimum atomic E-state index is -0.428. The summed E-state index contributed by atoms with van der Waals surface area (Å²) in [7, 11) is 0. The number of rotatable bonds is 2. The fourth-order valence-corrected chi connectivity index (χ4v) is 5.28. The van der Waals surface area contributed by atoms with E-state index < -0.39 is 5.91 Å². The maximum absolute atomic E-state index is 12.8. The van der Waals surface area contributed by atoms with Crippen LogP contribution in [-0.2, 0) is 16.0 Å². The van der Waals surface area contributed by atoms with Gasteiger partial charge < -0.3 is 4.90 Å². The molecule has 0 spiro atoms. The Bertz CT molecular complexity index is 1130. The number of fused-ring (bicyclic) bond motifs is 4. The highest BCUT2D eigenvalue weighted by Crippen LogP contribution is 2.43. The van der Waals surface area contributed by atoms with E-state index in [1.54, 1.807) is 6.08 Å². The molecule has 0 bridgehead atoms. The Hall–Kier alpha value is -2.99. The molecule has 0 unspecified atom stereocenters. The van der Waals surface area contributed by atoms with Crippen LogP contribution in [0.3, 0.4) is 0 Å². The monoisotopic (exact) mass is 431 g/mol. The van der Waals surface area contributed by atoms with Gasteiger partial charge in [-0.1, -0.05) is 30.3 Å². The lowest BCUT2D eigenvalue weighted by Gasteiger charge is -2.41. The summed E-state index contributed by atoms with van der Waals surface area (Å²) in [5.41, 5.74) is 7.85. The Kier molecular flexibility index (Phi) is 5.10. The van der Waals surface area contributed by atoms with E-state index in [1.807, 2.05) is 13.0 Å². The summed E-state index contributed by atoms with van der Waals surface area (Å²) in [6, 6.07) is 8.58. The number of thiocarbonyl (C=S) groups is 1. The first-order valence-corrected chi connectivity index (χ1v) is 11.4. The average Bonchev–Trinajstić information content (AvgIpc) is 2.78. The summed E-state index contributed by atoms with van der Waals surface area (Å²) in [5.74, 6) is -0.762. The van der Waals surface area contributed by atoms with Gasteiger partial charge in [0.25, 0.3) is 11.8 Å². The van der Waals surface area contributed by atoms with E-state index in [4.69, 9.17) is 12.2 Å². The smallest absolute Gasteiger partial charge is 0.265 e. The molecule has 3 heterocycles. The molecule has 0 atom stereocenters. The molecule has 0 aromatic heterocycles. The predicted octanol–water partition coefficient (Wildman–Crippen LogP) is 3.84. The van der Waals surface area contributed by atoms with Gasteiger partial charge in [-0.25, -0.2) is 0 Å². The summed E-state index contributed by atoms with van der Waals surface area (Å²) in [6.45, 7) is 3.27. The van der Waals surface area contributed by atoms with Crippen molar-refractivity contribution < 1.29 is 9.59 Å². The van der Waals surface area contributed by atoms with Crippen LogP contribution < -0.4 is 5.32 Å². The number of nitrogens with one attached hydrogen (secondary N) is 1. The molecule has 0 saturated carbocycles. The summed E-state index contributed by atoms with van der Waals surface area (Å²) in [6.07, 6.45) is 11.3. The van der Waals surface area contributed by atoms with E-state index in [0.29, 0.717) is 6.54 Å². The maximum Gasteiger partial charge on any atom is 0.265 e. The van der Waals surface area contributed by atoms with Crippen molar-refractivity contribution in [2.24, 2.45) is 0 Å². The van der Waals surface area contributed by atoms with Gasteiger partial charge in [-0.2, -0.15) is 0 Å². The highest BCUT2D eigenvalue weighted by atomic mass is 32.1. The summed E-state index contributed by atoms with van der Waals surface area (Å²) < 4.78 is 0. The number of hydrogen-bond donors (Lipinski definition) is 1. The zero-order chi connectivity index (χ0) is 21.5. The maximum atomic E-state index is 12.8. The summed E-state index contributed by atoms with van der Waals surface area (Å²) in [4.78, 5) is 29.1. The largest absolute Gasteiger partial charge is 0.344 e. The fourth-order valence-electron chi connectivity index (χ4n) is 4.98. The topological polar surface area (TPSA) is 52.7 Å². The second-order valence-electron chi connectivity index (χ2n) is 8.23. The normalized spacial score (nSPS) is 23.5. The average molecular weight is 432 g/mol. The van der Waals surface area contributed by atoms with Crippen LogP contribution in [0.4, 0.5) is 0 Å². The number of amides is 2. The highest BCUT2D eigenvalue weighted by Gasteiger charge is 2.33. The number of benzene rings is 1. The molecule has 3 aliphatic heterocycles. The number of nitrogens with zero attached hydrogens (tertiary/aromatic N) is 2. The fraction of sp³-hybridized carbons (Fsp3) is 0.320. The summed E-state index contributed by atoms with van der Waals surface area (Å²) in [5, 5.41) is 2.80. The lowest BCUT2D eigenvalue weighted by Crippen LogP contribution is -2.53. The van der Waals surface area contributed by atoms with Crippen LogP contribution in [0.5, 0.6) is 0 Å². The van der Waals surface area contributed by atoms with Gasteiger partial charge in [0.2, 0.25) is 0 Å². The standard InChI is InChI=1S/C25H25N3O2S/c1-2-27-24(30)20(23(29)26-25(27)31)12-11-17-15-22-18-8-4-3-7-16(18)13-14-28(22)21-10-6-5-9-19(17)21/h3-4,7-8,11-12,15H,2,5-6,9-10,13-14H2,1H3,(H,26,29,31). The molecule has 4 aliphatic rings. The molecular formula is C25H25N3O2S. The molecule has 2 amide bonds. The lowest BCUT2D eigenvalue weighted by atomic mass is 9.83. The minimum Gasteiger partial charge on any atom is -0.344 e. The Morgan fingerprint density at radius 2 is 1.90 bits per heavy atom. The number of carbonyl (C=O) groups is 2. The lowest BCUT2D eigenvalue weighted by molar-refractivity contribution is -0.128. The SMILES string of the molecule is CCN1C(=O)C(=CC=C2C=C3c4ccccc4CCN3C3=C2CCCC3)C(=O)NC1=S. The van der Waals surface area contributed by atoms with Crippen LogP contribution in [-0.4, -0.2) is 39.8 Å². The van der Waals surface area contributed by atoms with E-state index in [-0.39, 0.29) is 16.6 Å². The molecule has 1 N–H and O–H groups in total. The molecule has 1 aliphatic carbocycles. The van der Waals surface area contributed by atoms with Crippen LogP contribution in [0, 0.1) is 0 Å². The number of likely N-dealkylation sites (N-methyl/N-ethyl adjacent to an activating group) is 1. The molecule has 1 fully saturated rings. The molecule has 5 nitrogen and oxygen atoms in total. The Morgan fingerprint density at radius 1 is 1.10 bits per heavy atom. The molecule has 1 saturated heterocycles. The van der Waals surface area contributed by atoms with Gasteiger partial charge in [0.15, 0.2) is 5.11 Å². The van der Waals surface area contributed by atoms with Crippen molar-refractivity contribution in [1.29, 1.82) is 0 Å². The molecule has 31 heavy (non-hydrogen) atoms. The van der Waals surface area contributed by atoms with Crippen molar-refractivity contribution in [3.63, 3.8) is 0 Å². The van der Waals surface area contributed by atoms with E-state index >= 15 is 0 Å². The highest BCUT2D eigenvalue weighted by molar-refractivity contribution is 7.80. The van der Waals surface area contributed by atoms with Crippen molar-refractivity contribution in [3.8, 4) is 0 Å². The Labute approximate surface area is 187 Å². The first-order chi connectivity index (χ1) is 15.1. The second kappa shape index (κ2) is 7.93. The van der Waals surface area contributed by atoms with Gasteiger partial charge in [-0.15, -0.1) is 0 Å². The number of allylic oxidation sites excluding steroid dienone is 6. The van der Waals surface area contributed by atoms with E-state index in [1.165, 1.54) is 39.4 Å². The third-order valence-electron chi connectivity index (χ3n) is 6.53. The van der Waals surface area contributed by atoms with Crippen LogP contribution in [0.2, 0.25) is 0 Å². The van der Waals surface area contributed by atoms with Crippen LogP contribution >= 0.6 is 12.2 Å². The first-order valence-electron chi connectivity index (χ1n) is 11.0. The Balaban J connectivity index is 1.59. The minimum absolute atomic E-state index is 0.130. The van der Waals surface area contributed by atoms with E-state index in [2.05, 4.69) is 40.6 Å². The van der Waals surface area contributed by atoms with Crippen molar-refractivity contribution in [1.82, 2.24) is 15.1 Å². The molecule has 5 rings (SSSR count). The van der Waals surface area contributed by atoms with Gasteiger partial charge in [-0.3, -0.25) is 19.8 Å². The van der Waals surface area contributed by atoms with Crippen LogP contribution in [0.25, 0.3) is 5.70 Å².